The molecule has 0 aliphatic carbocycles. The number of nitrogen functional groups attached to an aromatic ring is 1. The van der Waals surface area contributed by atoms with Gasteiger partial charge in [0.1, 0.15) is 17.2 Å². The molecule has 0 spiro atoms. The first-order valence-corrected chi connectivity index (χ1v) is 15.8. The van der Waals surface area contributed by atoms with Crippen LogP contribution in [0.15, 0.2) is 122 Å². The Labute approximate surface area is 305 Å². The van der Waals surface area contributed by atoms with Crippen LogP contribution in [0.25, 0.3) is 22.8 Å². The second-order valence-electron chi connectivity index (χ2n) is 11.2. The number of hydrogen-bond donors (Lipinski definition) is 3. The summed E-state index contributed by atoms with van der Waals surface area (Å²) in [7, 11) is 3.63. The number of anilines is 3. The molecule has 0 aliphatic rings. The number of nitrogens with zero attached hydrogens (tertiary/aromatic N) is 8. The first kappa shape index (κ1) is 36.3. The van der Waals surface area contributed by atoms with Crippen LogP contribution in [0.2, 0.25) is 0 Å². The van der Waals surface area contributed by atoms with E-state index in [-0.39, 0.29) is 11.6 Å². The SMILES string of the molecule is Cn1cc(-c2nccc(Oc3cccc(N)c3)n2)cn1.Cn1cc(-c2nccc(Oc3cccc(NC(=O)Nc4cccc(OC(F)(F)F)c4)c3)n2)cn1. The smallest absolute Gasteiger partial charge is 0.439 e. The van der Waals surface area contributed by atoms with Crippen LogP contribution in [0.1, 0.15) is 0 Å². The molecule has 274 valence electrons. The molecule has 7 rings (SSSR count). The van der Waals surface area contributed by atoms with E-state index in [0.29, 0.717) is 40.4 Å². The van der Waals surface area contributed by atoms with E-state index in [2.05, 4.69) is 45.5 Å². The molecular weight excluding hydrogens is 707 g/mol. The lowest BCUT2D eigenvalue weighted by atomic mass is 10.3. The van der Waals surface area contributed by atoms with Crippen molar-refractivity contribution in [1.29, 1.82) is 0 Å². The first-order chi connectivity index (χ1) is 25.9. The molecule has 0 saturated carbocycles. The van der Waals surface area contributed by atoms with Gasteiger partial charge in [0.25, 0.3) is 0 Å². The molecule has 4 N–H and O–H groups in total. The minimum atomic E-state index is -4.83. The number of ether oxygens (including phenoxy) is 3. The monoisotopic (exact) mass is 737 g/mol. The van der Waals surface area contributed by atoms with Gasteiger partial charge in [-0.3, -0.25) is 9.36 Å². The van der Waals surface area contributed by atoms with Gasteiger partial charge in [-0.15, -0.1) is 13.2 Å². The average Bonchev–Trinajstić information content (AvgIpc) is 3.76. The van der Waals surface area contributed by atoms with Gasteiger partial charge < -0.3 is 30.6 Å². The maximum absolute atomic E-state index is 12.4. The number of halogens is 3. The standard InChI is InChI=1S/C22H17F3N6O3.C14H13N5O/c1-31-13-14(12-27-31)20-26-9-8-19(30-20)33-17-6-2-4-15(10-17)28-21(32)29-16-5-3-7-18(11-16)34-22(23,24)25;1-19-9-10(8-17-19)14-16-6-5-13(18-14)20-12-4-2-3-11(15)7-12/h2-13H,1H3,(H2,28,29,32);2-9H,15H2,1H3. The fourth-order valence-corrected chi connectivity index (χ4v) is 4.67. The predicted octanol–water partition coefficient (Wildman–Crippen LogP) is 7.46. The largest absolute Gasteiger partial charge is 0.573 e. The third-order valence-electron chi connectivity index (χ3n) is 6.91. The second kappa shape index (κ2) is 16.2. The Kier molecular flexibility index (Phi) is 10.9. The molecule has 0 radical (unpaired) electrons. The predicted molar refractivity (Wildman–Crippen MR) is 192 cm³/mol. The van der Waals surface area contributed by atoms with Crippen molar-refractivity contribution in [2.24, 2.45) is 14.1 Å². The summed E-state index contributed by atoms with van der Waals surface area (Å²) in [6.07, 6.45) is 5.33. The Bertz CT molecular complexity index is 2360. The number of urea groups is 1. The van der Waals surface area contributed by atoms with Gasteiger partial charge in [-0.1, -0.05) is 18.2 Å². The molecule has 4 aromatic heterocycles. The van der Waals surface area contributed by atoms with Crippen molar-refractivity contribution in [2.75, 3.05) is 16.4 Å². The molecule has 0 saturated heterocycles. The second-order valence-corrected chi connectivity index (χ2v) is 11.2. The van der Waals surface area contributed by atoms with E-state index in [1.165, 1.54) is 12.1 Å². The third-order valence-corrected chi connectivity index (χ3v) is 6.91. The lowest BCUT2D eigenvalue weighted by Crippen LogP contribution is -2.20. The molecule has 4 heterocycles. The van der Waals surface area contributed by atoms with Gasteiger partial charge in [0.15, 0.2) is 11.6 Å². The van der Waals surface area contributed by atoms with Crippen LogP contribution >= 0.6 is 0 Å². The van der Waals surface area contributed by atoms with Gasteiger partial charge in [0.05, 0.1) is 23.5 Å². The maximum Gasteiger partial charge on any atom is 0.573 e. The molecular formula is C36H30F3N11O4. The fourth-order valence-electron chi connectivity index (χ4n) is 4.67. The van der Waals surface area contributed by atoms with Crippen molar-refractivity contribution >= 4 is 23.1 Å². The molecule has 3 aromatic carbocycles. The Hall–Kier alpha value is -7.50. The zero-order valence-electron chi connectivity index (χ0n) is 28.5. The van der Waals surface area contributed by atoms with Crippen LogP contribution in [0, 0.1) is 0 Å². The normalized spacial score (nSPS) is 10.8. The van der Waals surface area contributed by atoms with Crippen molar-refractivity contribution in [3.63, 3.8) is 0 Å². The fraction of sp³-hybridized carbons (Fsp3) is 0.0833. The summed E-state index contributed by atoms with van der Waals surface area (Å²) < 4.78 is 55.8. The van der Waals surface area contributed by atoms with Crippen LogP contribution in [-0.2, 0) is 14.1 Å². The number of aryl methyl sites for hydroxylation is 2. The third kappa shape index (κ3) is 10.5. The number of hydrogen-bond acceptors (Lipinski definition) is 11. The van der Waals surface area contributed by atoms with E-state index in [0.717, 1.165) is 23.3 Å². The van der Waals surface area contributed by atoms with E-state index >= 15 is 0 Å². The maximum atomic E-state index is 12.4. The summed E-state index contributed by atoms with van der Waals surface area (Å²) in [6.45, 7) is 0. The zero-order chi connectivity index (χ0) is 38.1. The number of nitrogens with two attached hydrogens (primary N) is 1. The summed E-state index contributed by atoms with van der Waals surface area (Å²) in [6, 6.07) is 21.3. The summed E-state index contributed by atoms with van der Waals surface area (Å²) in [5, 5.41) is 13.2. The van der Waals surface area contributed by atoms with E-state index in [1.54, 1.807) is 95.9 Å². The zero-order valence-corrected chi connectivity index (χ0v) is 28.5. The number of rotatable bonds is 9. The molecule has 54 heavy (non-hydrogen) atoms. The summed E-state index contributed by atoms with van der Waals surface area (Å²) in [5.41, 5.74) is 8.43. The Morgan fingerprint density at radius 3 is 1.65 bits per heavy atom. The van der Waals surface area contributed by atoms with Crippen molar-refractivity contribution in [1.82, 2.24) is 39.5 Å². The number of amides is 2. The molecule has 7 aromatic rings. The number of benzene rings is 3. The van der Waals surface area contributed by atoms with Gasteiger partial charge in [-0.2, -0.15) is 20.2 Å². The number of nitrogens with one attached hydrogen (secondary N) is 2. The minimum absolute atomic E-state index is 0.121. The van der Waals surface area contributed by atoms with Gasteiger partial charge >= 0.3 is 12.4 Å². The molecule has 15 nitrogen and oxygen atoms in total. The highest BCUT2D eigenvalue weighted by Gasteiger charge is 2.31. The van der Waals surface area contributed by atoms with Crippen molar-refractivity contribution in [3.05, 3.63) is 122 Å². The highest BCUT2D eigenvalue weighted by Crippen LogP contribution is 2.27. The van der Waals surface area contributed by atoms with Gasteiger partial charge in [-0.05, 0) is 36.4 Å². The molecule has 0 atom stereocenters. The molecule has 2 amide bonds. The van der Waals surface area contributed by atoms with Crippen LogP contribution in [-0.4, -0.2) is 51.9 Å². The van der Waals surface area contributed by atoms with E-state index in [1.807, 2.05) is 25.4 Å². The highest BCUT2D eigenvalue weighted by molar-refractivity contribution is 6.00. The average molecular weight is 738 g/mol. The molecule has 0 fully saturated rings. The number of carbonyl (C=O) groups excluding carboxylic acids is 1. The van der Waals surface area contributed by atoms with Crippen molar-refractivity contribution in [3.8, 4) is 51.8 Å². The van der Waals surface area contributed by atoms with Gasteiger partial charge in [-0.25, -0.2) is 14.8 Å². The van der Waals surface area contributed by atoms with Crippen LogP contribution in [0.4, 0.5) is 35.0 Å². The highest BCUT2D eigenvalue weighted by atomic mass is 19.4. The van der Waals surface area contributed by atoms with Gasteiger partial charge in [0, 0.05) is 86.3 Å². The number of alkyl halides is 3. The first-order valence-electron chi connectivity index (χ1n) is 15.8. The minimum Gasteiger partial charge on any atom is -0.439 e. The molecule has 0 aliphatic heterocycles. The van der Waals surface area contributed by atoms with Gasteiger partial charge in [0.2, 0.25) is 11.8 Å². The topological polar surface area (TPSA) is 182 Å². The lowest BCUT2D eigenvalue weighted by molar-refractivity contribution is -0.274. The van der Waals surface area contributed by atoms with Crippen molar-refractivity contribution in [2.45, 2.75) is 6.36 Å². The molecule has 0 unspecified atom stereocenters. The Balaban J connectivity index is 0.000000210. The number of aromatic nitrogens is 8. The van der Waals surface area contributed by atoms with Crippen LogP contribution in [0.5, 0.6) is 29.0 Å². The Morgan fingerprint density at radius 2 is 1.17 bits per heavy atom. The van der Waals surface area contributed by atoms with E-state index in [9.17, 15) is 18.0 Å². The van der Waals surface area contributed by atoms with Crippen LogP contribution < -0.4 is 30.6 Å². The molecule has 0 bridgehead atoms. The molecule has 18 heteroatoms. The summed E-state index contributed by atoms with van der Waals surface area (Å²) in [4.78, 5) is 29.4. The lowest BCUT2D eigenvalue weighted by Gasteiger charge is -2.12. The van der Waals surface area contributed by atoms with Crippen molar-refractivity contribution < 1.29 is 32.2 Å². The van der Waals surface area contributed by atoms with E-state index < -0.39 is 18.1 Å². The Morgan fingerprint density at radius 1 is 0.685 bits per heavy atom. The summed E-state index contributed by atoms with van der Waals surface area (Å²) >= 11 is 0. The van der Waals surface area contributed by atoms with Crippen LogP contribution in [0.3, 0.4) is 0 Å². The quantitative estimate of drug-likeness (QED) is 0.125. The summed E-state index contributed by atoms with van der Waals surface area (Å²) in [5.74, 6) is 2.35. The number of carbonyl (C=O) groups is 1. The van der Waals surface area contributed by atoms with E-state index in [4.69, 9.17) is 15.2 Å².